The fourth-order valence-corrected chi connectivity index (χ4v) is 2.86. The van der Waals surface area contributed by atoms with Gasteiger partial charge in [0.25, 0.3) is 0 Å². The van der Waals surface area contributed by atoms with E-state index < -0.39 is 0 Å². The maximum atomic E-state index is 11.3. The molecule has 0 saturated carbocycles. The van der Waals surface area contributed by atoms with Crippen molar-refractivity contribution in [1.29, 1.82) is 0 Å². The molecule has 3 nitrogen and oxygen atoms in total. The molecule has 3 heteroatoms. The fraction of sp³-hybridized carbons (Fsp3) is 0.789. The first-order valence-electron chi connectivity index (χ1n) is 9.13. The van der Waals surface area contributed by atoms with Crippen LogP contribution < -0.4 is 0 Å². The molecule has 0 spiro atoms. The summed E-state index contributed by atoms with van der Waals surface area (Å²) in [6, 6.07) is 0. The zero-order chi connectivity index (χ0) is 16.0. The van der Waals surface area contributed by atoms with E-state index in [0.29, 0.717) is 0 Å². The molecular weight excluding hydrogens is 276 g/mol. The van der Waals surface area contributed by atoms with Crippen LogP contribution in [0.25, 0.3) is 0 Å². The average Bonchev–Trinajstić information content (AvgIpc) is 2.82. The van der Waals surface area contributed by atoms with Crippen LogP contribution in [-0.2, 0) is 14.3 Å². The zero-order valence-corrected chi connectivity index (χ0v) is 14.1. The van der Waals surface area contributed by atoms with Gasteiger partial charge in [0, 0.05) is 0 Å². The minimum absolute atomic E-state index is 0.186. The van der Waals surface area contributed by atoms with Crippen LogP contribution >= 0.6 is 0 Å². The van der Waals surface area contributed by atoms with E-state index in [2.05, 4.69) is 23.8 Å². The Labute approximate surface area is 135 Å². The predicted octanol–water partition coefficient (Wildman–Crippen LogP) is 5.33. The van der Waals surface area contributed by atoms with Gasteiger partial charge in [-0.2, -0.15) is 0 Å². The van der Waals surface area contributed by atoms with Crippen LogP contribution in [0.2, 0.25) is 0 Å². The summed E-state index contributed by atoms with van der Waals surface area (Å²) in [4.78, 5) is 22.2. The molecule has 1 atom stereocenters. The third-order valence-electron chi connectivity index (χ3n) is 4.28. The van der Waals surface area contributed by atoms with Crippen molar-refractivity contribution in [3.8, 4) is 0 Å². The predicted molar refractivity (Wildman–Crippen MR) is 89.4 cm³/mol. The van der Waals surface area contributed by atoms with Crippen molar-refractivity contribution in [2.75, 3.05) is 0 Å². The van der Waals surface area contributed by atoms with Gasteiger partial charge < -0.3 is 4.74 Å². The second kappa shape index (κ2) is 12.4. The van der Waals surface area contributed by atoms with Gasteiger partial charge >= 0.3 is 11.9 Å². The minimum atomic E-state index is -0.361. The normalized spacial score (nSPS) is 18.3. The number of hydrogen-bond donors (Lipinski definition) is 0. The monoisotopic (exact) mass is 308 g/mol. The van der Waals surface area contributed by atoms with E-state index in [9.17, 15) is 9.59 Å². The van der Waals surface area contributed by atoms with Crippen molar-refractivity contribution in [2.24, 2.45) is 5.92 Å². The number of allylic oxidation sites excluding steroid dienone is 2. The van der Waals surface area contributed by atoms with E-state index >= 15 is 0 Å². The molecule has 1 unspecified atom stereocenters. The Hall–Kier alpha value is -1.12. The Morgan fingerprint density at radius 1 is 0.909 bits per heavy atom. The van der Waals surface area contributed by atoms with Gasteiger partial charge in [0.05, 0.1) is 12.3 Å². The second-order valence-electron chi connectivity index (χ2n) is 6.36. The first kappa shape index (κ1) is 18.9. The highest BCUT2D eigenvalue weighted by molar-refractivity contribution is 5.94. The first-order chi connectivity index (χ1) is 10.7. The van der Waals surface area contributed by atoms with Crippen molar-refractivity contribution in [2.45, 2.75) is 90.4 Å². The van der Waals surface area contributed by atoms with Crippen LogP contribution in [0, 0.1) is 5.92 Å². The molecule has 0 bridgehead atoms. The summed E-state index contributed by atoms with van der Waals surface area (Å²) >= 11 is 0. The minimum Gasteiger partial charge on any atom is -0.393 e. The molecule has 0 aromatic heterocycles. The molecule has 0 aromatic carbocycles. The molecule has 1 fully saturated rings. The number of carbonyl (C=O) groups is 2. The molecule has 0 amide bonds. The van der Waals surface area contributed by atoms with Gasteiger partial charge in [0.15, 0.2) is 0 Å². The molecule has 126 valence electrons. The zero-order valence-electron chi connectivity index (χ0n) is 14.1. The third-order valence-corrected chi connectivity index (χ3v) is 4.28. The van der Waals surface area contributed by atoms with Gasteiger partial charge in [-0.05, 0) is 32.1 Å². The van der Waals surface area contributed by atoms with E-state index in [1.165, 1.54) is 57.8 Å². The van der Waals surface area contributed by atoms with Crippen LogP contribution in [0.4, 0.5) is 0 Å². The van der Waals surface area contributed by atoms with Gasteiger partial charge in [-0.1, -0.05) is 64.0 Å². The highest BCUT2D eigenvalue weighted by atomic mass is 16.6. The smallest absolute Gasteiger partial charge is 0.317 e. The molecule has 1 rings (SSSR count). The van der Waals surface area contributed by atoms with Crippen LogP contribution in [0.1, 0.15) is 90.4 Å². The summed E-state index contributed by atoms with van der Waals surface area (Å²) in [5.74, 6) is -0.873. The molecule has 22 heavy (non-hydrogen) atoms. The highest BCUT2D eigenvalue weighted by Gasteiger charge is 2.32. The molecule has 0 aromatic rings. The average molecular weight is 308 g/mol. The lowest BCUT2D eigenvalue weighted by atomic mass is 10.0. The summed E-state index contributed by atoms with van der Waals surface area (Å²) in [5.41, 5.74) is 0. The molecule has 1 heterocycles. The molecule has 1 aliphatic rings. The van der Waals surface area contributed by atoms with Gasteiger partial charge in [0.1, 0.15) is 0 Å². The lowest BCUT2D eigenvalue weighted by Crippen LogP contribution is -2.06. The van der Waals surface area contributed by atoms with E-state index in [1.54, 1.807) is 0 Å². The number of hydrogen-bond acceptors (Lipinski definition) is 3. The van der Waals surface area contributed by atoms with E-state index in [4.69, 9.17) is 0 Å². The van der Waals surface area contributed by atoms with Gasteiger partial charge in [0.2, 0.25) is 0 Å². The highest BCUT2D eigenvalue weighted by Crippen LogP contribution is 2.21. The Morgan fingerprint density at radius 3 is 2.09 bits per heavy atom. The Morgan fingerprint density at radius 2 is 1.50 bits per heavy atom. The summed E-state index contributed by atoms with van der Waals surface area (Å²) in [5, 5.41) is 0. The van der Waals surface area contributed by atoms with Crippen molar-refractivity contribution >= 4 is 11.9 Å². The summed E-state index contributed by atoms with van der Waals surface area (Å²) < 4.78 is 4.54. The van der Waals surface area contributed by atoms with Gasteiger partial charge in [-0.15, -0.1) is 0 Å². The maximum Gasteiger partial charge on any atom is 0.317 e. The molecular formula is C19H32O3. The number of esters is 2. The Kier molecular flexibility index (Phi) is 10.7. The number of unbranched alkanes of at least 4 members (excludes halogenated alkanes) is 9. The molecule has 1 saturated heterocycles. The van der Waals surface area contributed by atoms with Crippen molar-refractivity contribution in [1.82, 2.24) is 0 Å². The van der Waals surface area contributed by atoms with Crippen LogP contribution in [0.3, 0.4) is 0 Å². The largest absolute Gasteiger partial charge is 0.393 e. The van der Waals surface area contributed by atoms with Crippen molar-refractivity contribution in [3.05, 3.63) is 12.2 Å². The maximum absolute atomic E-state index is 11.3. The summed E-state index contributed by atoms with van der Waals surface area (Å²) in [7, 11) is 0. The van der Waals surface area contributed by atoms with Crippen molar-refractivity contribution in [3.63, 3.8) is 0 Å². The van der Waals surface area contributed by atoms with E-state index in [0.717, 1.165) is 19.3 Å². The molecule has 0 radical (unpaired) electrons. The van der Waals surface area contributed by atoms with E-state index in [1.807, 2.05) is 0 Å². The summed E-state index contributed by atoms with van der Waals surface area (Å²) in [6.07, 6.45) is 19.5. The fourth-order valence-electron chi connectivity index (χ4n) is 2.86. The Bertz CT molecular complexity index is 347. The lowest BCUT2D eigenvalue weighted by molar-refractivity contribution is -0.153. The van der Waals surface area contributed by atoms with Crippen LogP contribution in [0.15, 0.2) is 12.2 Å². The molecule has 0 N–H and O–H groups in total. The van der Waals surface area contributed by atoms with E-state index in [-0.39, 0.29) is 24.3 Å². The number of ether oxygens (including phenoxy) is 1. The number of rotatable bonds is 13. The summed E-state index contributed by atoms with van der Waals surface area (Å²) in [6.45, 7) is 2.26. The molecule has 0 aliphatic carbocycles. The van der Waals surface area contributed by atoms with Crippen LogP contribution in [0.5, 0.6) is 0 Å². The third kappa shape index (κ3) is 9.01. The van der Waals surface area contributed by atoms with Gasteiger partial charge in [-0.3, -0.25) is 9.59 Å². The standard InChI is InChI=1S/C19H32O3/c1-2-3-4-5-6-7-8-9-10-11-12-13-14-15-17-16-18(20)22-19(17)21/h11-12,17H,2-10,13-16H2,1H3. The quantitative estimate of drug-likeness (QED) is 0.200. The van der Waals surface area contributed by atoms with Crippen LogP contribution in [-0.4, -0.2) is 11.9 Å². The number of cyclic esters (lactones) is 2. The lowest BCUT2D eigenvalue weighted by Gasteiger charge is -2.01. The SMILES string of the molecule is CCCCCCCCCCC=CCCCC1CC(=O)OC1=O. The second-order valence-corrected chi connectivity index (χ2v) is 6.36. The number of carbonyl (C=O) groups excluding carboxylic acids is 2. The van der Waals surface area contributed by atoms with Gasteiger partial charge in [-0.25, -0.2) is 0 Å². The molecule has 1 aliphatic heterocycles. The first-order valence-corrected chi connectivity index (χ1v) is 9.13. The van der Waals surface area contributed by atoms with Crippen molar-refractivity contribution < 1.29 is 14.3 Å². The topological polar surface area (TPSA) is 43.4 Å². The Balaban J connectivity index is 1.84.